The van der Waals surface area contributed by atoms with Crippen LogP contribution in [-0.4, -0.2) is 31.6 Å². The van der Waals surface area contributed by atoms with Gasteiger partial charge in [-0.2, -0.15) is 0 Å². The normalized spacial score (nSPS) is 10.0. The number of hydrogen-bond donors (Lipinski definition) is 2. The zero-order valence-corrected chi connectivity index (χ0v) is 14.4. The largest absolute Gasteiger partial charge is 0.494 e. The lowest BCUT2D eigenvalue weighted by molar-refractivity contribution is -0.115. The summed E-state index contributed by atoms with van der Waals surface area (Å²) in [7, 11) is 0. The van der Waals surface area contributed by atoms with Crippen LogP contribution in [0.5, 0.6) is 11.5 Å². The van der Waals surface area contributed by atoms with Crippen LogP contribution in [0.3, 0.4) is 0 Å². The second-order valence-corrected chi connectivity index (χ2v) is 5.12. The molecule has 6 nitrogen and oxygen atoms in total. The SMILES string of the molecule is CCOc1ccc(OCC)c(NC(=O)CNC(=O)c2ccccc2)c1. The number of nitrogens with one attached hydrogen (secondary N) is 2. The third-order valence-corrected chi connectivity index (χ3v) is 3.28. The van der Waals surface area contributed by atoms with Crippen LogP contribution in [0, 0.1) is 0 Å². The van der Waals surface area contributed by atoms with Gasteiger partial charge in [0.2, 0.25) is 5.91 Å². The van der Waals surface area contributed by atoms with Gasteiger partial charge in [-0.25, -0.2) is 0 Å². The summed E-state index contributed by atoms with van der Waals surface area (Å²) in [6.45, 7) is 4.60. The zero-order chi connectivity index (χ0) is 18.1. The molecule has 0 aliphatic heterocycles. The van der Waals surface area contributed by atoms with Gasteiger partial charge in [0.05, 0.1) is 25.4 Å². The van der Waals surface area contributed by atoms with E-state index in [0.717, 1.165) is 0 Å². The van der Waals surface area contributed by atoms with Crippen molar-refractivity contribution in [3.63, 3.8) is 0 Å². The van der Waals surface area contributed by atoms with Gasteiger partial charge in [0.15, 0.2) is 0 Å². The third-order valence-electron chi connectivity index (χ3n) is 3.28. The highest BCUT2D eigenvalue weighted by Gasteiger charge is 2.11. The molecule has 0 aliphatic carbocycles. The van der Waals surface area contributed by atoms with Crippen molar-refractivity contribution in [2.24, 2.45) is 0 Å². The van der Waals surface area contributed by atoms with Gasteiger partial charge in [0, 0.05) is 11.6 Å². The van der Waals surface area contributed by atoms with Gasteiger partial charge in [0.1, 0.15) is 11.5 Å². The van der Waals surface area contributed by atoms with Crippen molar-refractivity contribution in [3.05, 3.63) is 54.1 Å². The lowest BCUT2D eigenvalue weighted by atomic mass is 10.2. The topological polar surface area (TPSA) is 76.7 Å². The standard InChI is InChI=1S/C19H22N2O4/c1-3-24-15-10-11-17(25-4-2)16(12-15)21-18(22)13-20-19(23)14-8-6-5-7-9-14/h5-12H,3-4,13H2,1-2H3,(H,20,23)(H,21,22). The first kappa shape index (κ1) is 18.3. The average molecular weight is 342 g/mol. The number of hydrogen-bond acceptors (Lipinski definition) is 4. The Balaban J connectivity index is 1.99. The lowest BCUT2D eigenvalue weighted by Crippen LogP contribution is -2.32. The van der Waals surface area contributed by atoms with Gasteiger partial charge in [-0.15, -0.1) is 0 Å². The monoisotopic (exact) mass is 342 g/mol. The van der Waals surface area contributed by atoms with Gasteiger partial charge in [0.25, 0.3) is 5.91 Å². The van der Waals surface area contributed by atoms with Crippen LogP contribution in [0.25, 0.3) is 0 Å². The summed E-state index contributed by atoms with van der Waals surface area (Å²) in [5.41, 5.74) is 1.01. The molecule has 2 amide bonds. The quantitative estimate of drug-likeness (QED) is 0.773. The van der Waals surface area contributed by atoms with Crippen LogP contribution in [0.15, 0.2) is 48.5 Å². The summed E-state index contributed by atoms with van der Waals surface area (Å²) in [6, 6.07) is 14.0. The zero-order valence-electron chi connectivity index (χ0n) is 14.4. The first-order valence-electron chi connectivity index (χ1n) is 8.16. The Labute approximate surface area is 147 Å². The second-order valence-electron chi connectivity index (χ2n) is 5.12. The maximum Gasteiger partial charge on any atom is 0.251 e. The van der Waals surface area contributed by atoms with E-state index in [0.29, 0.717) is 36.0 Å². The highest BCUT2D eigenvalue weighted by molar-refractivity contribution is 5.99. The van der Waals surface area contributed by atoms with Crippen molar-refractivity contribution in [2.45, 2.75) is 13.8 Å². The molecule has 0 bridgehead atoms. The van der Waals surface area contributed by atoms with E-state index in [-0.39, 0.29) is 18.4 Å². The predicted molar refractivity (Wildman–Crippen MR) is 96.2 cm³/mol. The van der Waals surface area contributed by atoms with E-state index < -0.39 is 0 Å². The molecule has 0 aromatic heterocycles. The number of ether oxygens (including phenoxy) is 2. The van der Waals surface area contributed by atoms with Crippen molar-refractivity contribution >= 4 is 17.5 Å². The van der Waals surface area contributed by atoms with E-state index in [1.165, 1.54) is 0 Å². The number of carbonyl (C=O) groups excluding carboxylic acids is 2. The highest BCUT2D eigenvalue weighted by atomic mass is 16.5. The second kappa shape index (κ2) is 9.32. The van der Waals surface area contributed by atoms with Gasteiger partial charge < -0.3 is 20.1 Å². The summed E-state index contributed by atoms with van der Waals surface area (Å²) in [4.78, 5) is 24.1. The van der Waals surface area contributed by atoms with Crippen LogP contribution >= 0.6 is 0 Å². The van der Waals surface area contributed by atoms with Gasteiger partial charge >= 0.3 is 0 Å². The van der Waals surface area contributed by atoms with Crippen molar-refractivity contribution in [1.29, 1.82) is 0 Å². The van der Waals surface area contributed by atoms with Gasteiger partial charge in [-0.1, -0.05) is 18.2 Å². The molecule has 2 aromatic carbocycles. The van der Waals surface area contributed by atoms with E-state index in [9.17, 15) is 9.59 Å². The fourth-order valence-electron chi connectivity index (χ4n) is 2.19. The molecule has 0 atom stereocenters. The molecule has 0 radical (unpaired) electrons. The molecule has 2 N–H and O–H groups in total. The Morgan fingerprint density at radius 2 is 1.68 bits per heavy atom. The molecular weight excluding hydrogens is 320 g/mol. The van der Waals surface area contributed by atoms with Crippen LogP contribution in [0.1, 0.15) is 24.2 Å². The number of anilines is 1. The van der Waals surface area contributed by atoms with E-state index in [1.54, 1.807) is 42.5 Å². The minimum absolute atomic E-state index is 0.141. The van der Waals surface area contributed by atoms with Crippen molar-refractivity contribution in [2.75, 3.05) is 25.1 Å². The minimum atomic E-state index is -0.348. The van der Waals surface area contributed by atoms with E-state index in [4.69, 9.17) is 9.47 Å². The van der Waals surface area contributed by atoms with Crippen LogP contribution in [-0.2, 0) is 4.79 Å². The van der Waals surface area contributed by atoms with Crippen LogP contribution < -0.4 is 20.1 Å². The maximum atomic E-state index is 12.2. The minimum Gasteiger partial charge on any atom is -0.494 e. The number of carbonyl (C=O) groups is 2. The van der Waals surface area contributed by atoms with E-state index in [1.807, 2.05) is 19.9 Å². The lowest BCUT2D eigenvalue weighted by Gasteiger charge is -2.14. The maximum absolute atomic E-state index is 12.2. The molecule has 0 saturated heterocycles. The Morgan fingerprint density at radius 1 is 0.960 bits per heavy atom. The van der Waals surface area contributed by atoms with Gasteiger partial charge in [-0.05, 0) is 38.1 Å². The van der Waals surface area contributed by atoms with E-state index in [2.05, 4.69) is 10.6 Å². The Hall–Kier alpha value is -3.02. The van der Waals surface area contributed by atoms with Crippen LogP contribution in [0.4, 0.5) is 5.69 Å². The summed E-state index contributed by atoms with van der Waals surface area (Å²) in [6.07, 6.45) is 0. The highest BCUT2D eigenvalue weighted by Crippen LogP contribution is 2.29. The number of rotatable bonds is 8. The fraction of sp³-hybridized carbons (Fsp3) is 0.263. The molecule has 25 heavy (non-hydrogen) atoms. The molecule has 6 heteroatoms. The van der Waals surface area contributed by atoms with Crippen molar-refractivity contribution in [3.8, 4) is 11.5 Å². The van der Waals surface area contributed by atoms with Crippen LogP contribution in [0.2, 0.25) is 0 Å². The molecule has 2 rings (SSSR count). The number of benzene rings is 2. The molecule has 132 valence electrons. The molecular formula is C19H22N2O4. The first-order chi connectivity index (χ1) is 12.1. The predicted octanol–water partition coefficient (Wildman–Crippen LogP) is 2.85. The summed E-state index contributed by atoms with van der Waals surface area (Å²) in [5.74, 6) is 0.533. The average Bonchev–Trinajstić information content (AvgIpc) is 2.63. The summed E-state index contributed by atoms with van der Waals surface area (Å²) >= 11 is 0. The summed E-state index contributed by atoms with van der Waals surface area (Å²) < 4.78 is 10.9. The fourth-order valence-corrected chi connectivity index (χ4v) is 2.19. The smallest absolute Gasteiger partial charge is 0.251 e. The molecule has 0 unspecified atom stereocenters. The molecule has 0 saturated carbocycles. The van der Waals surface area contributed by atoms with E-state index >= 15 is 0 Å². The Kier molecular flexibility index (Phi) is 6.83. The Morgan fingerprint density at radius 3 is 2.36 bits per heavy atom. The number of amides is 2. The molecule has 2 aromatic rings. The summed E-state index contributed by atoms with van der Waals surface area (Å²) in [5, 5.41) is 5.33. The third kappa shape index (κ3) is 5.53. The molecule has 0 spiro atoms. The first-order valence-corrected chi connectivity index (χ1v) is 8.16. The van der Waals surface area contributed by atoms with Crippen molar-refractivity contribution in [1.82, 2.24) is 5.32 Å². The molecule has 0 fully saturated rings. The molecule has 0 aliphatic rings. The molecule has 0 heterocycles. The van der Waals surface area contributed by atoms with Gasteiger partial charge in [-0.3, -0.25) is 9.59 Å². The van der Waals surface area contributed by atoms with Crippen molar-refractivity contribution < 1.29 is 19.1 Å². The Bertz CT molecular complexity index is 717.